The van der Waals surface area contributed by atoms with Gasteiger partial charge in [-0.3, -0.25) is 4.79 Å². The van der Waals surface area contributed by atoms with Crippen molar-refractivity contribution in [2.45, 2.75) is 51.6 Å². The van der Waals surface area contributed by atoms with Crippen molar-refractivity contribution in [3.8, 4) is 0 Å². The lowest BCUT2D eigenvalue weighted by Gasteiger charge is -2.35. The lowest BCUT2D eigenvalue weighted by molar-refractivity contribution is -0.134. The third kappa shape index (κ3) is 3.69. The zero-order valence-electron chi connectivity index (χ0n) is 11.7. The van der Waals surface area contributed by atoms with Gasteiger partial charge in [-0.05, 0) is 44.1 Å². The van der Waals surface area contributed by atoms with Gasteiger partial charge in [0.05, 0.1) is 6.04 Å². The maximum atomic E-state index is 12.2. The smallest absolute Gasteiger partial charge is 0.239 e. The molecule has 0 bridgehead atoms. The Labute approximate surface area is 110 Å². The zero-order chi connectivity index (χ0) is 13.1. The zero-order valence-corrected chi connectivity index (χ0v) is 11.7. The van der Waals surface area contributed by atoms with E-state index in [9.17, 15) is 4.79 Å². The second-order valence-electron chi connectivity index (χ2n) is 6.24. The number of piperidine rings is 1. The maximum Gasteiger partial charge on any atom is 0.239 e. The van der Waals surface area contributed by atoms with Crippen LogP contribution in [0.15, 0.2) is 0 Å². The number of amides is 1. The minimum atomic E-state index is -0.341. The summed E-state index contributed by atoms with van der Waals surface area (Å²) in [7, 11) is 0. The number of nitrogens with two attached hydrogens (primary N) is 1. The molecule has 1 aliphatic heterocycles. The molecule has 0 aromatic heterocycles. The fourth-order valence-corrected chi connectivity index (χ4v) is 2.50. The van der Waals surface area contributed by atoms with E-state index in [4.69, 9.17) is 5.73 Å². The summed E-state index contributed by atoms with van der Waals surface area (Å²) in [4.78, 5) is 14.2. The number of hydrogen-bond donors (Lipinski definition) is 2. The van der Waals surface area contributed by atoms with Gasteiger partial charge in [0.1, 0.15) is 0 Å². The summed E-state index contributed by atoms with van der Waals surface area (Å²) < 4.78 is 0. The van der Waals surface area contributed by atoms with Crippen LogP contribution >= 0.6 is 0 Å². The number of nitrogens with one attached hydrogen (secondary N) is 1. The van der Waals surface area contributed by atoms with Gasteiger partial charge in [0, 0.05) is 19.1 Å². The highest BCUT2D eigenvalue weighted by atomic mass is 16.2. The first-order chi connectivity index (χ1) is 8.58. The molecule has 0 spiro atoms. The summed E-state index contributed by atoms with van der Waals surface area (Å²) >= 11 is 0. The van der Waals surface area contributed by atoms with Crippen molar-refractivity contribution >= 4 is 5.91 Å². The second-order valence-corrected chi connectivity index (χ2v) is 6.24. The summed E-state index contributed by atoms with van der Waals surface area (Å²) in [5, 5.41) is 3.60. The topological polar surface area (TPSA) is 58.4 Å². The van der Waals surface area contributed by atoms with Crippen LogP contribution in [0.1, 0.15) is 39.5 Å². The summed E-state index contributed by atoms with van der Waals surface area (Å²) in [6, 6.07) is 0.134. The Hall–Kier alpha value is -0.610. The Kier molecular flexibility index (Phi) is 4.62. The largest absolute Gasteiger partial charge is 0.340 e. The van der Waals surface area contributed by atoms with Crippen molar-refractivity contribution in [2.75, 3.05) is 19.6 Å². The highest BCUT2D eigenvalue weighted by Gasteiger charge is 2.29. The molecule has 1 saturated carbocycles. The molecule has 3 N–H and O–H groups in total. The molecule has 1 saturated heterocycles. The summed E-state index contributed by atoms with van der Waals surface area (Å²) in [5.41, 5.74) is 5.96. The number of nitrogens with zero attached hydrogens (tertiary/aromatic N) is 1. The van der Waals surface area contributed by atoms with Crippen LogP contribution in [0.4, 0.5) is 0 Å². The van der Waals surface area contributed by atoms with E-state index in [1.807, 2.05) is 18.7 Å². The van der Waals surface area contributed by atoms with Crippen LogP contribution in [0.2, 0.25) is 0 Å². The van der Waals surface area contributed by atoms with Crippen molar-refractivity contribution in [3.05, 3.63) is 0 Å². The van der Waals surface area contributed by atoms with Crippen molar-refractivity contribution in [3.63, 3.8) is 0 Å². The number of rotatable bonds is 5. The minimum absolute atomic E-state index is 0.128. The molecule has 4 nitrogen and oxygen atoms in total. The van der Waals surface area contributed by atoms with E-state index in [1.165, 1.54) is 19.3 Å². The van der Waals surface area contributed by atoms with Gasteiger partial charge < -0.3 is 16.0 Å². The molecular formula is C14H27N3O. The fraction of sp³-hybridized carbons (Fsp3) is 0.929. The first-order valence-corrected chi connectivity index (χ1v) is 7.35. The molecule has 0 radical (unpaired) electrons. The van der Waals surface area contributed by atoms with Crippen molar-refractivity contribution in [2.24, 2.45) is 17.6 Å². The van der Waals surface area contributed by atoms with Gasteiger partial charge >= 0.3 is 0 Å². The molecule has 2 aliphatic rings. The molecule has 2 fully saturated rings. The Morgan fingerprint density at radius 3 is 2.72 bits per heavy atom. The lowest BCUT2D eigenvalue weighted by Crippen LogP contribution is -2.53. The summed E-state index contributed by atoms with van der Waals surface area (Å²) in [6.07, 6.45) is 5.04. The van der Waals surface area contributed by atoms with Gasteiger partial charge in [0.25, 0.3) is 0 Å². The third-order valence-corrected chi connectivity index (χ3v) is 4.13. The predicted molar refractivity (Wildman–Crippen MR) is 73.1 cm³/mol. The molecule has 1 heterocycles. The van der Waals surface area contributed by atoms with Crippen molar-refractivity contribution in [1.82, 2.24) is 10.2 Å². The van der Waals surface area contributed by atoms with Gasteiger partial charge in [-0.1, -0.05) is 13.8 Å². The van der Waals surface area contributed by atoms with Gasteiger partial charge in [0.2, 0.25) is 5.91 Å². The molecule has 1 amide bonds. The monoisotopic (exact) mass is 253 g/mol. The molecule has 2 unspecified atom stereocenters. The number of hydrogen-bond acceptors (Lipinski definition) is 3. The van der Waals surface area contributed by atoms with Gasteiger partial charge in [0.15, 0.2) is 0 Å². The van der Waals surface area contributed by atoms with Crippen LogP contribution < -0.4 is 11.1 Å². The van der Waals surface area contributed by atoms with Gasteiger partial charge in [-0.15, -0.1) is 0 Å². The van der Waals surface area contributed by atoms with Crippen LogP contribution in [-0.2, 0) is 4.79 Å². The first-order valence-electron chi connectivity index (χ1n) is 7.35. The van der Waals surface area contributed by atoms with Gasteiger partial charge in [-0.25, -0.2) is 0 Å². The maximum absolute atomic E-state index is 12.2. The second kappa shape index (κ2) is 6.02. The van der Waals surface area contributed by atoms with E-state index in [-0.39, 0.29) is 17.9 Å². The quantitative estimate of drug-likeness (QED) is 0.767. The molecule has 104 valence electrons. The normalized spacial score (nSPS) is 26.4. The molecule has 0 aromatic rings. The van der Waals surface area contributed by atoms with Gasteiger partial charge in [-0.2, -0.15) is 0 Å². The number of likely N-dealkylation sites (tertiary alicyclic amines) is 1. The van der Waals surface area contributed by atoms with Crippen molar-refractivity contribution < 1.29 is 4.79 Å². The Balaban J connectivity index is 1.79. The average Bonchev–Trinajstić information content (AvgIpc) is 3.19. The van der Waals surface area contributed by atoms with Crippen LogP contribution in [0, 0.1) is 11.8 Å². The molecule has 0 aromatic carbocycles. The summed E-state index contributed by atoms with van der Waals surface area (Å²) in [5.74, 6) is 1.24. The highest BCUT2D eigenvalue weighted by molar-refractivity contribution is 5.82. The third-order valence-electron chi connectivity index (χ3n) is 4.13. The molecule has 4 heteroatoms. The first kappa shape index (κ1) is 13.8. The molecule has 2 rings (SSSR count). The lowest BCUT2D eigenvalue weighted by atomic mass is 10.0. The molecule has 18 heavy (non-hydrogen) atoms. The van der Waals surface area contributed by atoms with E-state index in [0.29, 0.717) is 6.04 Å². The van der Waals surface area contributed by atoms with Crippen LogP contribution in [0.25, 0.3) is 0 Å². The standard InChI is InChI=1S/C14H27N3O/c1-10(2)13(15)14(18)17-7-3-4-12(9-17)16-8-11-5-6-11/h10-13,16H,3-9,15H2,1-2H3. The van der Waals surface area contributed by atoms with E-state index in [0.717, 1.165) is 32.0 Å². The number of carbonyl (C=O) groups excluding carboxylic acids is 1. The molecule has 2 atom stereocenters. The molecule has 1 aliphatic carbocycles. The number of carbonyl (C=O) groups is 1. The summed E-state index contributed by atoms with van der Waals surface area (Å²) in [6.45, 7) is 6.86. The fourth-order valence-electron chi connectivity index (χ4n) is 2.50. The Morgan fingerprint density at radius 2 is 2.11 bits per heavy atom. The molecular weight excluding hydrogens is 226 g/mol. The van der Waals surface area contributed by atoms with Crippen LogP contribution in [0.3, 0.4) is 0 Å². The average molecular weight is 253 g/mol. The highest BCUT2D eigenvalue weighted by Crippen LogP contribution is 2.28. The Morgan fingerprint density at radius 1 is 1.39 bits per heavy atom. The van der Waals surface area contributed by atoms with Crippen LogP contribution in [0.5, 0.6) is 0 Å². The van der Waals surface area contributed by atoms with E-state index < -0.39 is 0 Å². The Bertz CT molecular complexity index is 289. The van der Waals surface area contributed by atoms with E-state index in [1.54, 1.807) is 0 Å². The SMILES string of the molecule is CC(C)C(N)C(=O)N1CCCC(NCC2CC2)C1. The predicted octanol–water partition coefficient (Wildman–Crippen LogP) is 0.960. The van der Waals surface area contributed by atoms with E-state index >= 15 is 0 Å². The minimum Gasteiger partial charge on any atom is -0.340 e. The van der Waals surface area contributed by atoms with E-state index in [2.05, 4.69) is 5.32 Å². The van der Waals surface area contributed by atoms with Crippen LogP contribution in [-0.4, -0.2) is 42.5 Å². The van der Waals surface area contributed by atoms with Crippen molar-refractivity contribution in [1.29, 1.82) is 0 Å².